The van der Waals surface area contributed by atoms with Gasteiger partial charge in [-0.3, -0.25) is 0 Å². The fourth-order valence-corrected chi connectivity index (χ4v) is 3.24. The van der Waals surface area contributed by atoms with Gasteiger partial charge in [0.2, 0.25) is 0 Å². The Morgan fingerprint density at radius 2 is 1.91 bits per heavy atom. The van der Waals surface area contributed by atoms with Crippen molar-refractivity contribution in [1.82, 2.24) is 0 Å². The van der Waals surface area contributed by atoms with E-state index < -0.39 is 6.10 Å². The van der Waals surface area contributed by atoms with Gasteiger partial charge in [0.25, 0.3) is 0 Å². The van der Waals surface area contributed by atoms with Gasteiger partial charge in [0.15, 0.2) is 0 Å². The van der Waals surface area contributed by atoms with E-state index in [-0.39, 0.29) is 0 Å². The van der Waals surface area contributed by atoms with E-state index >= 15 is 0 Å². The highest BCUT2D eigenvalue weighted by Gasteiger charge is 2.06. The number of thioether (sulfide) groups is 1. The van der Waals surface area contributed by atoms with Crippen molar-refractivity contribution in [1.29, 1.82) is 0 Å². The molecule has 2 nitrogen and oxygen atoms in total. The number of unbranched alkanes of at least 4 members (excludes halogenated alkanes) is 4. The third-order valence-corrected chi connectivity index (χ3v) is 5.16. The molecular weight excluding hydrogens is 339 g/mol. The number of hydrogen-bond donors (Lipinski definition) is 1. The van der Waals surface area contributed by atoms with Crippen LogP contribution in [0.1, 0.15) is 44.6 Å². The lowest BCUT2D eigenvalue weighted by Gasteiger charge is -2.11. The van der Waals surface area contributed by atoms with E-state index in [9.17, 15) is 5.11 Å². The second kappa shape index (κ2) is 12.5. The van der Waals surface area contributed by atoms with E-state index in [4.69, 9.17) is 27.9 Å². The average molecular weight is 365 g/mol. The number of ether oxygens (including phenoxy) is 1. The van der Waals surface area contributed by atoms with Gasteiger partial charge in [0.05, 0.1) is 22.8 Å². The molecule has 1 aromatic carbocycles. The Hall–Kier alpha value is 0.0700. The maximum absolute atomic E-state index is 9.87. The fraction of sp³-hybridized carbons (Fsp3) is 0.647. The molecule has 5 heteroatoms. The molecule has 126 valence electrons. The number of benzene rings is 1. The second-order valence-electron chi connectivity index (χ2n) is 5.41. The molecule has 0 heterocycles. The largest absolute Gasteiger partial charge is 0.390 e. The summed E-state index contributed by atoms with van der Waals surface area (Å²) >= 11 is 13.5. The molecule has 0 saturated heterocycles. The molecule has 22 heavy (non-hydrogen) atoms. The lowest BCUT2D eigenvalue weighted by Crippen LogP contribution is -2.18. The number of aliphatic hydroxyl groups excluding tert-OH is 1. The van der Waals surface area contributed by atoms with E-state index in [2.05, 4.69) is 6.92 Å². The van der Waals surface area contributed by atoms with E-state index in [1.807, 2.05) is 12.1 Å². The minimum atomic E-state index is -0.414. The van der Waals surface area contributed by atoms with Gasteiger partial charge in [-0.1, -0.05) is 61.9 Å². The van der Waals surface area contributed by atoms with Crippen molar-refractivity contribution in [3.05, 3.63) is 33.8 Å². The molecule has 0 fully saturated rings. The van der Waals surface area contributed by atoms with Crippen LogP contribution >= 0.6 is 35.0 Å². The second-order valence-corrected chi connectivity index (χ2v) is 7.25. The lowest BCUT2D eigenvalue weighted by atomic mass is 10.2. The summed E-state index contributed by atoms with van der Waals surface area (Å²) in [6.45, 7) is 3.38. The zero-order valence-corrected chi connectivity index (χ0v) is 15.5. The first kappa shape index (κ1) is 20.1. The van der Waals surface area contributed by atoms with Crippen LogP contribution in [0.2, 0.25) is 10.0 Å². The van der Waals surface area contributed by atoms with Crippen LogP contribution in [0.15, 0.2) is 18.2 Å². The predicted molar refractivity (Wildman–Crippen MR) is 98.2 cm³/mol. The molecule has 0 aliphatic rings. The zero-order valence-electron chi connectivity index (χ0n) is 13.2. The summed E-state index contributed by atoms with van der Waals surface area (Å²) in [4.78, 5) is 0. The standard InChI is InChI=1S/C17H26Cl2O2S/c1-2-3-4-5-6-9-21-11-15(20)13-22-12-14-7-8-16(18)17(19)10-14/h7-8,10,15,20H,2-6,9,11-13H2,1H3. The summed E-state index contributed by atoms with van der Waals surface area (Å²) in [5, 5.41) is 11.0. The Morgan fingerprint density at radius 1 is 1.14 bits per heavy atom. The minimum absolute atomic E-state index is 0.414. The van der Waals surface area contributed by atoms with Gasteiger partial charge in [-0.15, -0.1) is 0 Å². The molecule has 0 aliphatic carbocycles. The Labute approximate surface area is 148 Å². The van der Waals surface area contributed by atoms with Crippen molar-refractivity contribution in [2.75, 3.05) is 19.0 Å². The van der Waals surface area contributed by atoms with E-state index in [1.54, 1.807) is 17.8 Å². The molecular formula is C17H26Cl2O2S. The van der Waals surface area contributed by atoms with E-state index in [1.165, 1.54) is 25.7 Å². The van der Waals surface area contributed by atoms with Crippen LogP contribution < -0.4 is 0 Å². The average Bonchev–Trinajstić information content (AvgIpc) is 2.50. The number of hydrogen-bond acceptors (Lipinski definition) is 3. The molecule has 0 spiro atoms. The lowest BCUT2D eigenvalue weighted by molar-refractivity contribution is 0.0468. The fourth-order valence-electron chi connectivity index (χ4n) is 2.02. The number of aliphatic hydroxyl groups is 1. The Bertz CT molecular complexity index is 416. The number of halogens is 2. The Kier molecular flexibility index (Phi) is 11.4. The predicted octanol–water partition coefficient (Wildman–Crippen LogP) is 5.57. The maximum Gasteiger partial charge on any atom is 0.0863 e. The van der Waals surface area contributed by atoms with Crippen molar-refractivity contribution in [2.45, 2.75) is 50.9 Å². The summed E-state index contributed by atoms with van der Waals surface area (Å²) in [5.74, 6) is 1.47. The van der Waals surface area contributed by atoms with Gasteiger partial charge in [-0.05, 0) is 24.1 Å². The highest BCUT2D eigenvalue weighted by atomic mass is 35.5. The van der Waals surface area contributed by atoms with Crippen molar-refractivity contribution in [3.8, 4) is 0 Å². The normalized spacial score (nSPS) is 12.5. The van der Waals surface area contributed by atoms with Gasteiger partial charge >= 0.3 is 0 Å². The van der Waals surface area contributed by atoms with Crippen LogP contribution in [0.5, 0.6) is 0 Å². The van der Waals surface area contributed by atoms with Gasteiger partial charge < -0.3 is 9.84 Å². The highest BCUT2D eigenvalue weighted by Crippen LogP contribution is 2.24. The summed E-state index contributed by atoms with van der Waals surface area (Å²) in [5.41, 5.74) is 1.11. The first-order valence-corrected chi connectivity index (χ1v) is 9.82. The third-order valence-electron chi connectivity index (χ3n) is 3.27. The van der Waals surface area contributed by atoms with Crippen LogP contribution in [0.4, 0.5) is 0 Å². The monoisotopic (exact) mass is 364 g/mol. The van der Waals surface area contributed by atoms with Gasteiger partial charge in [0.1, 0.15) is 0 Å². The van der Waals surface area contributed by atoms with Crippen molar-refractivity contribution in [3.63, 3.8) is 0 Å². The summed E-state index contributed by atoms with van der Waals surface area (Å²) in [6.07, 6.45) is 5.73. The van der Waals surface area contributed by atoms with E-state index in [0.717, 1.165) is 24.3 Å². The SMILES string of the molecule is CCCCCCCOCC(O)CSCc1ccc(Cl)c(Cl)c1. The maximum atomic E-state index is 9.87. The van der Waals surface area contributed by atoms with Crippen LogP contribution in [-0.4, -0.2) is 30.2 Å². The third kappa shape index (κ3) is 9.26. The minimum Gasteiger partial charge on any atom is -0.390 e. The molecule has 0 aliphatic heterocycles. The van der Waals surface area contributed by atoms with Crippen LogP contribution in [0.25, 0.3) is 0 Å². The zero-order chi connectivity index (χ0) is 16.2. The Morgan fingerprint density at radius 3 is 2.64 bits per heavy atom. The smallest absolute Gasteiger partial charge is 0.0863 e. The van der Waals surface area contributed by atoms with Gasteiger partial charge in [0, 0.05) is 18.1 Å². The van der Waals surface area contributed by atoms with Gasteiger partial charge in [-0.2, -0.15) is 11.8 Å². The molecule has 0 bridgehead atoms. The molecule has 0 aromatic heterocycles. The van der Waals surface area contributed by atoms with Crippen LogP contribution in [0, 0.1) is 0 Å². The summed E-state index contributed by atoms with van der Waals surface area (Å²) in [7, 11) is 0. The number of rotatable bonds is 12. The molecule has 1 aromatic rings. The van der Waals surface area contributed by atoms with Crippen molar-refractivity contribution in [2.24, 2.45) is 0 Å². The van der Waals surface area contributed by atoms with Crippen LogP contribution in [0.3, 0.4) is 0 Å². The molecule has 1 N–H and O–H groups in total. The molecule has 0 saturated carbocycles. The Balaban J connectivity index is 2.03. The molecule has 1 atom stereocenters. The van der Waals surface area contributed by atoms with E-state index in [0.29, 0.717) is 22.4 Å². The highest BCUT2D eigenvalue weighted by molar-refractivity contribution is 7.98. The van der Waals surface area contributed by atoms with Gasteiger partial charge in [-0.25, -0.2) is 0 Å². The van der Waals surface area contributed by atoms with Crippen LogP contribution in [-0.2, 0) is 10.5 Å². The van der Waals surface area contributed by atoms with Crippen molar-refractivity contribution >= 4 is 35.0 Å². The topological polar surface area (TPSA) is 29.5 Å². The molecule has 1 rings (SSSR count). The molecule has 0 amide bonds. The summed E-state index contributed by atoms with van der Waals surface area (Å²) in [6, 6.07) is 5.63. The first-order valence-electron chi connectivity index (χ1n) is 7.91. The first-order chi connectivity index (χ1) is 10.6. The van der Waals surface area contributed by atoms with Crippen molar-refractivity contribution < 1.29 is 9.84 Å². The quantitative estimate of drug-likeness (QED) is 0.491. The summed E-state index contributed by atoms with van der Waals surface area (Å²) < 4.78 is 5.51. The molecule has 0 radical (unpaired) electrons. The molecule has 1 unspecified atom stereocenters.